The zero-order chi connectivity index (χ0) is 18.8. The molecule has 4 aliphatic rings. The number of halogens is 3. The van der Waals surface area contributed by atoms with Crippen LogP contribution in [0.15, 0.2) is 23.6 Å². The van der Waals surface area contributed by atoms with E-state index in [1.54, 1.807) is 5.38 Å². The van der Waals surface area contributed by atoms with E-state index in [1.165, 1.54) is 23.8 Å². The summed E-state index contributed by atoms with van der Waals surface area (Å²) in [6, 6.07) is 3.68. The van der Waals surface area contributed by atoms with Gasteiger partial charge in [0.05, 0.1) is 11.1 Å². The monoisotopic (exact) mass is 408 g/mol. The first-order chi connectivity index (χ1) is 12.8. The molecule has 6 rings (SSSR count). The van der Waals surface area contributed by atoms with Crippen molar-refractivity contribution < 1.29 is 13.6 Å². The average molecular weight is 409 g/mol. The van der Waals surface area contributed by atoms with Gasteiger partial charge < -0.3 is 5.32 Å². The number of thiazole rings is 1. The molecule has 4 fully saturated rings. The standard InChI is InChI=1S/C20H19ClF2N2OS/c21-20-7-11-3-12(8-20)6-19(5-11,10-20)17(26)25-18-24-16(9-27-18)13-1-2-14(22)15(23)4-13/h1-2,4,9,11-12H,3,5-8,10H2,(H,24,25,26). The maximum absolute atomic E-state index is 13.5. The van der Waals surface area contributed by atoms with Crippen molar-refractivity contribution in [3.63, 3.8) is 0 Å². The van der Waals surface area contributed by atoms with Gasteiger partial charge in [-0.25, -0.2) is 13.8 Å². The second-order valence-electron chi connectivity index (χ2n) is 8.51. The van der Waals surface area contributed by atoms with Crippen molar-refractivity contribution in [1.82, 2.24) is 4.98 Å². The molecule has 4 saturated carbocycles. The van der Waals surface area contributed by atoms with Crippen LogP contribution in [0.5, 0.6) is 0 Å². The number of amides is 1. The Morgan fingerprint density at radius 3 is 2.59 bits per heavy atom. The van der Waals surface area contributed by atoms with Crippen LogP contribution in [0.4, 0.5) is 13.9 Å². The highest BCUT2D eigenvalue weighted by molar-refractivity contribution is 7.14. The number of aromatic nitrogens is 1. The van der Waals surface area contributed by atoms with E-state index < -0.39 is 11.6 Å². The molecular formula is C20H19ClF2N2OS. The van der Waals surface area contributed by atoms with Gasteiger partial charge in [-0.1, -0.05) is 0 Å². The number of anilines is 1. The molecule has 3 nitrogen and oxygen atoms in total. The molecule has 1 amide bonds. The third-order valence-electron chi connectivity index (χ3n) is 6.41. The van der Waals surface area contributed by atoms with Gasteiger partial charge in [-0.05, 0) is 68.6 Å². The molecule has 2 atom stereocenters. The van der Waals surface area contributed by atoms with E-state index in [1.807, 2.05) is 0 Å². The number of nitrogens with zero attached hydrogens (tertiary/aromatic N) is 1. The molecule has 0 saturated heterocycles. The Labute approximate surface area is 165 Å². The normalized spacial score (nSPS) is 34.0. The van der Waals surface area contributed by atoms with Gasteiger partial charge in [0.1, 0.15) is 0 Å². The van der Waals surface area contributed by atoms with Crippen molar-refractivity contribution in [1.29, 1.82) is 0 Å². The predicted octanol–water partition coefficient (Wildman–Crippen LogP) is 5.60. The SMILES string of the molecule is O=C(Nc1nc(-c2ccc(F)c(F)c2)cs1)C12CC3CC(CC(Cl)(C3)C1)C2. The summed E-state index contributed by atoms with van der Waals surface area (Å²) in [5.41, 5.74) is 0.619. The highest BCUT2D eigenvalue weighted by Gasteiger charge is 2.60. The van der Waals surface area contributed by atoms with Crippen molar-refractivity contribution in [2.45, 2.75) is 43.4 Å². The van der Waals surface area contributed by atoms with Gasteiger partial charge in [0, 0.05) is 15.8 Å². The van der Waals surface area contributed by atoms with Gasteiger partial charge in [-0.3, -0.25) is 4.79 Å². The lowest BCUT2D eigenvalue weighted by Crippen LogP contribution is -2.57. The summed E-state index contributed by atoms with van der Waals surface area (Å²) in [4.78, 5) is 17.3. The van der Waals surface area contributed by atoms with Crippen LogP contribution in [0.1, 0.15) is 38.5 Å². The zero-order valence-electron chi connectivity index (χ0n) is 14.6. The van der Waals surface area contributed by atoms with Crippen LogP contribution >= 0.6 is 22.9 Å². The molecule has 7 heteroatoms. The van der Waals surface area contributed by atoms with Gasteiger partial charge >= 0.3 is 0 Å². The Morgan fingerprint density at radius 1 is 1.19 bits per heavy atom. The summed E-state index contributed by atoms with van der Waals surface area (Å²) in [7, 11) is 0. The summed E-state index contributed by atoms with van der Waals surface area (Å²) in [6.07, 6.45) is 5.80. The Hall–Kier alpha value is -1.53. The third-order valence-corrected chi connectivity index (χ3v) is 7.61. The van der Waals surface area contributed by atoms with E-state index >= 15 is 0 Å². The minimum absolute atomic E-state index is 0.00723. The fourth-order valence-electron chi connectivity index (χ4n) is 5.77. The number of carbonyl (C=O) groups excluding carboxylic acids is 1. The minimum Gasteiger partial charge on any atom is -0.301 e. The molecule has 1 N–H and O–H groups in total. The fraction of sp³-hybridized carbons (Fsp3) is 0.500. The number of carbonyl (C=O) groups is 1. The number of nitrogens with one attached hydrogen (secondary N) is 1. The molecule has 2 unspecified atom stereocenters. The second-order valence-corrected chi connectivity index (χ2v) is 10.2. The van der Waals surface area contributed by atoms with Gasteiger partial charge in [0.25, 0.3) is 0 Å². The summed E-state index contributed by atoms with van der Waals surface area (Å²) >= 11 is 8.11. The summed E-state index contributed by atoms with van der Waals surface area (Å²) in [5, 5.41) is 5.20. The van der Waals surface area contributed by atoms with Crippen molar-refractivity contribution in [3.8, 4) is 11.3 Å². The lowest BCUT2D eigenvalue weighted by atomic mass is 9.49. The topological polar surface area (TPSA) is 42.0 Å². The van der Waals surface area contributed by atoms with Crippen LogP contribution in [-0.4, -0.2) is 15.8 Å². The zero-order valence-corrected chi connectivity index (χ0v) is 16.2. The molecule has 4 aliphatic carbocycles. The van der Waals surface area contributed by atoms with E-state index in [0.717, 1.165) is 44.2 Å². The van der Waals surface area contributed by atoms with Gasteiger partial charge in [-0.2, -0.15) is 0 Å². The predicted molar refractivity (Wildman–Crippen MR) is 102 cm³/mol. The number of benzene rings is 1. The second kappa shape index (κ2) is 5.98. The summed E-state index contributed by atoms with van der Waals surface area (Å²) in [5.74, 6) is -0.703. The van der Waals surface area contributed by atoms with Gasteiger partial charge in [0.15, 0.2) is 16.8 Å². The van der Waals surface area contributed by atoms with Crippen LogP contribution in [-0.2, 0) is 4.79 Å². The molecule has 0 radical (unpaired) electrons. The molecule has 0 aliphatic heterocycles. The quantitative estimate of drug-likeness (QED) is 0.671. The number of alkyl halides is 1. The highest BCUT2D eigenvalue weighted by Crippen LogP contribution is 2.64. The van der Waals surface area contributed by atoms with E-state index in [9.17, 15) is 13.6 Å². The van der Waals surface area contributed by atoms with Crippen molar-refractivity contribution >= 4 is 34.0 Å². The summed E-state index contributed by atoms with van der Waals surface area (Å²) in [6.45, 7) is 0. The third kappa shape index (κ3) is 2.97. The number of hydrogen-bond acceptors (Lipinski definition) is 3. The number of rotatable bonds is 3. The van der Waals surface area contributed by atoms with Gasteiger partial charge in [-0.15, -0.1) is 22.9 Å². The first-order valence-electron chi connectivity index (χ1n) is 9.26. The fourth-order valence-corrected chi connectivity index (χ4v) is 7.17. The Bertz CT molecular complexity index is 916. The Balaban J connectivity index is 1.36. The molecule has 2 aromatic rings. The Morgan fingerprint density at radius 2 is 1.93 bits per heavy atom. The van der Waals surface area contributed by atoms with Crippen LogP contribution in [0, 0.1) is 28.9 Å². The van der Waals surface area contributed by atoms with Crippen LogP contribution < -0.4 is 5.32 Å². The average Bonchev–Trinajstić information content (AvgIpc) is 3.03. The number of hydrogen-bond donors (Lipinski definition) is 1. The van der Waals surface area contributed by atoms with Crippen molar-refractivity contribution in [2.24, 2.45) is 17.3 Å². The van der Waals surface area contributed by atoms with Gasteiger partial charge in [0.2, 0.25) is 5.91 Å². The molecule has 1 aromatic heterocycles. The lowest BCUT2D eigenvalue weighted by molar-refractivity contribution is -0.138. The lowest BCUT2D eigenvalue weighted by Gasteiger charge is -2.59. The molecule has 0 spiro atoms. The molecule has 1 aromatic carbocycles. The maximum atomic E-state index is 13.5. The van der Waals surface area contributed by atoms with E-state index in [0.29, 0.717) is 28.2 Å². The summed E-state index contributed by atoms with van der Waals surface area (Å²) < 4.78 is 26.6. The molecule has 27 heavy (non-hydrogen) atoms. The first kappa shape index (κ1) is 17.6. The van der Waals surface area contributed by atoms with E-state index in [4.69, 9.17) is 11.6 Å². The van der Waals surface area contributed by atoms with E-state index in [2.05, 4.69) is 10.3 Å². The molecule has 4 bridgehead atoms. The molecular weight excluding hydrogens is 390 g/mol. The van der Waals surface area contributed by atoms with Crippen LogP contribution in [0.2, 0.25) is 0 Å². The first-order valence-corrected chi connectivity index (χ1v) is 10.5. The Kier molecular flexibility index (Phi) is 3.89. The highest BCUT2D eigenvalue weighted by atomic mass is 35.5. The van der Waals surface area contributed by atoms with Crippen LogP contribution in [0.25, 0.3) is 11.3 Å². The molecule has 1 heterocycles. The van der Waals surface area contributed by atoms with Crippen molar-refractivity contribution in [2.75, 3.05) is 5.32 Å². The van der Waals surface area contributed by atoms with Crippen LogP contribution in [0.3, 0.4) is 0 Å². The smallest absolute Gasteiger partial charge is 0.232 e. The largest absolute Gasteiger partial charge is 0.301 e. The van der Waals surface area contributed by atoms with Crippen molar-refractivity contribution in [3.05, 3.63) is 35.2 Å². The minimum atomic E-state index is -0.910. The maximum Gasteiger partial charge on any atom is 0.232 e. The van der Waals surface area contributed by atoms with E-state index in [-0.39, 0.29) is 16.2 Å². The molecule has 142 valence electrons.